The molecule has 1 unspecified atom stereocenters. The Kier molecular flexibility index (Phi) is 4.54. The molecule has 1 aromatic rings. The minimum Gasteiger partial charge on any atom is -0.328 e. The number of thiophene rings is 1. The average Bonchev–Trinajstić information content (AvgIpc) is 2.51. The van der Waals surface area contributed by atoms with Crippen LogP contribution in [0.15, 0.2) is 15.9 Å². The number of rotatable bonds is 5. The van der Waals surface area contributed by atoms with Crippen molar-refractivity contribution < 1.29 is 4.39 Å². The smallest absolute Gasteiger partial charge is 0.128 e. The van der Waals surface area contributed by atoms with Gasteiger partial charge in [-0.1, -0.05) is 13.3 Å². The fourth-order valence-electron chi connectivity index (χ4n) is 1.47. The van der Waals surface area contributed by atoms with E-state index in [2.05, 4.69) is 15.9 Å². The van der Waals surface area contributed by atoms with Crippen LogP contribution in [0.1, 0.15) is 24.6 Å². The van der Waals surface area contributed by atoms with E-state index in [1.807, 2.05) is 18.4 Å². The molecule has 14 heavy (non-hydrogen) atoms. The topological polar surface area (TPSA) is 26.0 Å². The first-order valence-corrected chi connectivity index (χ1v) is 6.39. The third-order valence-corrected chi connectivity index (χ3v) is 3.87. The van der Waals surface area contributed by atoms with Gasteiger partial charge in [-0.3, -0.25) is 0 Å². The van der Waals surface area contributed by atoms with Gasteiger partial charge in [0.25, 0.3) is 0 Å². The van der Waals surface area contributed by atoms with E-state index in [9.17, 15) is 4.39 Å². The van der Waals surface area contributed by atoms with Gasteiger partial charge in [-0.15, -0.1) is 11.3 Å². The van der Waals surface area contributed by atoms with Crippen LogP contribution >= 0.6 is 27.3 Å². The molecule has 0 aliphatic carbocycles. The van der Waals surface area contributed by atoms with Crippen molar-refractivity contribution in [3.8, 4) is 0 Å². The number of hydrogen-bond donors (Lipinski definition) is 1. The molecule has 0 spiro atoms. The van der Waals surface area contributed by atoms with E-state index < -0.39 is 5.67 Å². The fourth-order valence-corrected chi connectivity index (χ4v) is 3.05. The number of nitrogens with two attached hydrogens (primary N) is 1. The van der Waals surface area contributed by atoms with Crippen molar-refractivity contribution in [3.05, 3.63) is 20.8 Å². The van der Waals surface area contributed by atoms with E-state index in [1.165, 1.54) is 0 Å². The Hall–Kier alpha value is 0.0700. The third kappa shape index (κ3) is 3.33. The highest BCUT2D eigenvalue weighted by Crippen LogP contribution is 2.28. The monoisotopic (exact) mass is 279 g/mol. The lowest BCUT2D eigenvalue weighted by molar-refractivity contribution is 0.159. The van der Waals surface area contributed by atoms with Crippen molar-refractivity contribution in [1.82, 2.24) is 0 Å². The van der Waals surface area contributed by atoms with Crippen LogP contribution in [0.2, 0.25) is 0 Å². The Morgan fingerprint density at radius 2 is 2.36 bits per heavy atom. The highest BCUT2D eigenvalue weighted by atomic mass is 79.9. The molecule has 1 atom stereocenters. The third-order valence-electron chi connectivity index (χ3n) is 2.18. The summed E-state index contributed by atoms with van der Waals surface area (Å²) in [6.07, 6.45) is 1.81. The van der Waals surface area contributed by atoms with Gasteiger partial charge in [0.2, 0.25) is 0 Å². The Labute approximate surface area is 96.6 Å². The average molecular weight is 280 g/mol. The Balaban J connectivity index is 2.64. The number of alkyl halides is 1. The molecule has 0 radical (unpaired) electrons. The molecule has 80 valence electrons. The largest absolute Gasteiger partial charge is 0.328 e. The number of halogens is 2. The molecular weight excluding hydrogens is 265 g/mol. The van der Waals surface area contributed by atoms with E-state index in [4.69, 9.17) is 5.73 Å². The molecule has 0 aliphatic rings. The van der Waals surface area contributed by atoms with Crippen LogP contribution in [0.4, 0.5) is 4.39 Å². The summed E-state index contributed by atoms with van der Waals surface area (Å²) in [5.41, 5.74) is 4.24. The summed E-state index contributed by atoms with van der Waals surface area (Å²) < 4.78 is 15.1. The zero-order valence-corrected chi connectivity index (χ0v) is 10.6. The maximum absolute atomic E-state index is 14.1. The van der Waals surface area contributed by atoms with Gasteiger partial charge in [-0.2, -0.15) is 0 Å². The SMILES string of the molecule is CCCC(F)(CN)Cc1cc(Br)cs1. The molecule has 0 aliphatic heterocycles. The van der Waals surface area contributed by atoms with E-state index in [-0.39, 0.29) is 6.54 Å². The zero-order valence-electron chi connectivity index (χ0n) is 8.22. The second-order valence-corrected chi connectivity index (χ2v) is 5.42. The van der Waals surface area contributed by atoms with Crippen molar-refractivity contribution in [2.45, 2.75) is 31.9 Å². The molecule has 0 aromatic carbocycles. The van der Waals surface area contributed by atoms with Gasteiger partial charge in [0.05, 0.1) is 0 Å². The molecule has 1 heterocycles. The van der Waals surface area contributed by atoms with Crippen LogP contribution in [0.5, 0.6) is 0 Å². The maximum atomic E-state index is 14.1. The molecule has 1 rings (SSSR count). The van der Waals surface area contributed by atoms with E-state index in [0.717, 1.165) is 15.8 Å². The molecule has 0 bridgehead atoms. The van der Waals surface area contributed by atoms with Gasteiger partial charge in [0, 0.05) is 27.7 Å². The first-order valence-electron chi connectivity index (χ1n) is 4.71. The van der Waals surface area contributed by atoms with E-state index >= 15 is 0 Å². The molecule has 0 saturated heterocycles. The second-order valence-electron chi connectivity index (χ2n) is 3.51. The molecule has 0 amide bonds. The summed E-state index contributed by atoms with van der Waals surface area (Å²) in [6.45, 7) is 2.09. The van der Waals surface area contributed by atoms with E-state index in [0.29, 0.717) is 12.8 Å². The summed E-state index contributed by atoms with van der Waals surface area (Å²) in [6, 6.07) is 1.96. The Morgan fingerprint density at radius 1 is 1.64 bits per heavy atom. The minimum absolute atomic E-state index is 0.107. The van der Waals surface area contributed by atoms with E-state index in [1.54, 1.807) is 11.3 Å². The lowest BCUT2D eigenvalue weighted by atomic mass is 9.95. The summed E-state index contributed by atoms with van der Waals surface area (Å²) in [5.74, 6) is 0. The normalized spacial score (nSPS) is 15.4. The molecular formula is C10H15BrFNS. The molecule has 0 fully saturated rings. The van der Waals surface area contributed by atoms with Crippen LogP contribution in [0.3, 0.4) is 0 Å². The molecule has 1 aromatic heterocycles. The predicted molar refractivity (Wildman–Crippen MR) is 63.5 cm³/mol. The first-order chi connectivity index (χ1) is 6.59. The minimum atomic E-state index is -1.22. The van der Waals surface area contributed by atoms with Crippen molar-refractivity contribution >= 4 is 27.3 Å². The quantitative estimate of drug-likeness (QED) is 0.877. The molecule has 4 heteroatoms. The van der Waals surface area contributed by atoms with Crippen LogP contribution < -0.4 is 5.73 Å². The van der Waals surface area contributed by atoms with Gasteiger partial charge in [-0.25, -0.2) is 4.39 Å². The van der Waals surface area contributed by atoms with Crippen LogP contribution in [0.25, 0.3) is 0 Å². The van der Waals surface area contributed by atoms with Gasteiger partial charge in [-0.05, 0) is 28.4 Å². The van der Waals surface area contributed by atoms with Crippen LogP contribution in [-0.4, -0.2) is 12.2 Å². The first kappa shape index (κ1) is 12.1. The van der Waals surface area contributed by atoms with Crippen molar-refractivity contribution in [3.63, 3.8) is 0 Å². The molecule has 2 N–H and O–H groups in total. The number of hydrogen-bond acceptors (Lipinski definition) is 2. The van der Waals surface area contributed by atoms with Crippen molar-refractivity contribution in [2.75, 3.05) is 6.54 Å². The van der Waals surface area contributed by atoms with Gasteiger partial charge >= 0.3 is 0 Å². The standard InChI is InChI=1S/C10H15BrFNS/c1-2-3-10(12,7-13)5-9-4-8(11)6-14-9/h4,6H,2-3,5,7,13H2,1H3. The van der Waals surface area contributed by atoms with Crippen LogP contribution in [0, 0.1) is 0 Å². The van der Waals surface area contributed by atoms with Gasteiger partial charge < -0.3 is 5.73 Å². The summed E-state index contributed by atoms with van der Waals surface area (Å²) >= 11 is 4.93. The Bertz CT molecular complexity index is 289. The summed E-state index contributed by atoms with van der Waals surface area (Å²) in [4.78, 5) is 1.05. The fraction of sp³-hybridized carbons (Fsp3) is 0.600. The van der Waals surface area contributed by atoms with Crippen molar-refractivity contribution in [2.24, 2.45) is 5.73 Å². The maximum Gasteiger partial charge on any atom is 0.128 e. The zero-order chi connectivity index (χ0) is 10.6. The lowest BCUT2D eigenvalue weighted by Gasteiger charge is -2.22. The Morgan fingerprint density at radius 3 is 2.79 bits per heavy atom. The van der Waals surface area contributed by atoms with Gasteiger partial charge in [0.15, 0.2) is 0 Å². The highest BCUT2D eigenvalue weighted by molar-refractivity contribution is 9.10. The van der Waals surface area contributed by atoms with Crippen molar-refractivity contribution in [1.29, 1.82) is 0 Å². The highest BCUT2D eigenvalue weighted by Gasteiger charge is 2.27. The lowest BCUT2D eigenvalue weighted by Crippen LogP contribution is -2.34. The summed E-state index contributed by atoms with van der Waals surface area (Å²) in [5, 5.41) is 1.97. The predicted octanol–water partition coefficient (Wildman–Crippen LogP) is 3.52. The summed E-state index contributed by atoms with van der Waals surface area (Å²) in [7, 11) is 0. The van der Waals surface area contributed by atoms with Crippen LogP contribution in [-0.2, 0) is 6.42 Å². The van der Waals surface area contributed by atoms with Gasteiger partial charge in [0.1, 0.15) is 5.67 Å². The second kappa shape index (κ2) is 5.24. The molecule has 0 saturated carbocycles. The molecule has 1 nitrogen and oxygen atoms in total.